The molecule has 10 heavy (non-hydrogen) atoms. The maximum absolute atomic E-state index is 5.05. The van der Waals surface area contributed by atoms with Gasteiger partial charge in [-0.25, -0.2) is 0 Å². The Balaban J connectivity index is 3.21. The van der Waals surface area contributed by atoms with E-state index < -0.39 is 0 Å². The van der Waals surface area contributed by atoms with Crippen LogP contribution >= 0.6 is 0 Å². The molecule has 0 bridgehead atoms. The van der Waals surface area contributed by atoms with Gasteiger partial charge in [-0.3, -0.25) is 0 Å². The Morgan fingerprint density at radius 2 is 2.10 bits per heavy atom. The Labute approximate surface area is 64.0 Å². The van der Waals surface area contributed by atoms with Gasteiger partial charge in [-0.05, 0) is 18.9 Å². The summed E-state index contributed by atoms with van der Waals surface area (Å²) in [5.74, 6) is 0.685. The van der Waals surface area contributed by atoms with Crippen molar-refractivity contribution in [3.8, 4) is 0 Å². The molecule has 0 fully saturated rings. The lowest BCUT2D eigenvalue weighted by molar-refractivity contribution is 0.149. The van der Waals surface area contributed by atoms with E-state index in [-0.39, 0.29) is 0 Å². The van der Waals surface area contributed by atoms with Crippen molar-refractivity contribution in [2.45, 2.75) is 20.3 Å². The Kier molecular flexibility index (Phi) is 6.98. The van der Waals surface area contributed by atoms with Gasteiger partial charge in [0.2, 0.25) is 0 Å². The third kappa shape index (κ3) is 4.77. The second-order valence-corrected chi connectivity index (χ2v) is 2.54. The Morgan fingerprint density at radius 3 is 2.50 bits per heavy atom. The quantitative estimate of drug-likeness (QED) is 0.607. The van der Waals surface area contributed by atoms with E-state index in [4.69, 9.17) is 4.74 Å². The van der Waals surface area contributed by atoms with Crippen LogP contribution in [0.3, 0.4) is 0 Å². The normalized spacial score (nSPS) is 13.5. The van der Waals surface area contributed by atoms with Crippen molar-refractivity contribution in [1.82, 2.24) is 5.32 Å². The van der Waals surface area contributed by atoms with Crippen LogP contribution < -0.4 is 5.32 Å². The molecule has 0 aliphatic heterocycles. The standard InChI is InChI=1S/C8H19NO/c1-4-8(7-10-3)6-9-5-2/h8-9H,4-7H2,1-3H3. The highest BCUT2D eigenvalue weighted by Crippen LogP contribution is 1.99. The molecule has 0 saturated heterocycles. The second kappa shape index (κ2) is 7.03. The van der Waals surface area contributed by atoms with Crippen molar-refractivity contribution >= 4 is 0 Å². The minimum atomic E-state index is 0.685. The predicted octanol–water partition coefficient (Wildman–Crippen LogP) is 1.27. The zero-order valence-electron chi connectivity index (χ0n) is 7.31. The van der Waals surface area contributed by atoms with E-state index in [1.807, 2.05) is 0 Å². The van der Waals surface area contributed by atoms with E-state index in [0.717, 1.165) is 19.7 Å². The lowest BCUT2D eigenvalue weighted by Crippen LogP contribution is -2.24. The first-order chi connectivity index (χ1) is 4.85. The summed E-state index contributed by atoms with van der Waals surface area (Å²) in [6, 6.07) is 0. The number of hydrogen-bond acceptors (Lipinski definition) is 2. The minimum absolute atomic E-state index is 0.685. The first kappa shape index (κ1) is 9.92. The smallest absolute Gasteiger partial charge is 0.0502 e. The van der Waals surface area contributed by atoms with E-state index >= 15 is 0 Å². The van der Waals surface area contributed by atoms with Crippen molar-refractivity contribution in [3.63, 3.8) is 0 Å². The number of methoxy groups -OCH3 is 1. The monoisotopic (exact) mass is 145 g/mol. The number of nitrogens with one attached hydrogen (secondary N) is 1. The SMILES string of the molecule is CCNCC(CC)COC. The molecule has 0 aromatic heterocycles. The number of ether oxygens (including phenoxy) is 1. The van der Waals surface area contributed by atoms with Crippen molar-refractivity contribution < 1.29 is 4.74 Å². The molecular formula is C8H19NO. The number of rotatable bonds is 6. The van der Waals surface area contributed by atoms with Gasteiger partial charge in [-0.2, -0.15) is 0 Å². The summed E-state index contributed by atoms with van der Waals surface area (Å²) in [5, 5.41) is 3.30. The van der Waals surface area contributed by atoms with Crippen molar-refractivity contribution in [2.24, 2.45) is 5.92 Å². The fourth-order valence-electron chi connectivity index (χ4n) is 0.905. The van der Waals surface area contributed by atoms with Gasteiger partial charge < -0.3 is 10.1 Å². The average molecular weight is 145 g/mol. The van der Waals surface area contributed by atoms with Crippen LogP contribution in [0.1, 0.15) is 20.3 Å². The molecule has 2 nitrogen and oxygen atoms in total. The molecule has 0 heterocycles. The summed E-state index contributed by atoms with van der Waals surface area (Å²) in [4.78, 5) is 0. The summed E-state index contributed by atoms with van der Waals surface area (Å²) in [6.07, 6.45) is 1.20. The maximum atomic E-state index is 5.05. The molecule has 0 rings (SSSR count). The lowest BCUT2D eigenvalue weighted by Gasteiger charge is -2.12. The lowest BCUT2D eigenvalue weighted by atomic mass is 10.1. The molecule has 0 spiro atoms. The maximum Gasteiger partial charge on any atom is 0.0502 e. The minimum Gasteiger partial charge on any atom is -0.384 e. The molecule has 1 atom stereocenters. The van der Waals surface area contributed by atoms with Crippen LogP contribution in [0.5, 0.6) is 0 Å². The van der Waals surface area contributed by atoms with Gasteiger partial charge in [0.05, 0.1) is 6.61 Å². The molecule has 0 aliphatic rings. The largest absolute Gasteiger partial charge is 0.384 e. The van der Waals surface area contributed by atoms with Crippen LogP contribution in [-0.4, -0.2) is 26.8 Å². The summed E-state index contributed by atoms with van der Waals surface area (Å²) < 4.78 is 5.05. The second-order valence-electron chi connectivity index (χ2n) is 2.54. The van der Waals surface area contributed by atoms with E-state index in [1.165, 1.54) is 6.42 Å². The van der Waals surface area contributed by atoms with Crippen LogP contribution in [0.25, 0.3) is 0 Å². The van der Waals surface area contributed by atoms with E-state index in [9.17, 15) is 0 Å². The first-order valence-corrected chi connectivity index (χ1v) is 4.04. The topological polar surface area (TPSA) is 21.3 Å². The Morgan fingerprint density at radius 1 is 1.40 bits per heavy atom. The van der Waals surface area contributed by atoms with Gasteiger partial charge in [-0.1, -0.05) is 13.8 Å². The van der Waals surface area contributed by atoms with Gasteiger partial charge in [0.1, 0.15) is 0 Å². The van der Waals surface area contributed by atoms with Crippen LogP contribution in [0.2, 0.25) is 0 Å². The van der Waals surface area contributed by atoms with Gasteiger partial charge in [0.15, 0.2) is 0 Å². The molecule has 2 heteroatoms. The molecule has 1 unspecified atom stereocenters. The van der Waals surface area contributed by atoms with E-state index in [0.29, 0.717) is 5.92 Å². The molecular weight excluding hydrogens is 126 g/mol. The molecule has 1 N–H and O–H groups in total. The summed E-state index contributed by atoms with van der Waals surface area (Å²) in [6.45, 7) is 7.34. The van der Waals surface area contributed by atoms with Crippen molar-refractivity contribution in [3.05, 3.63) is 0 Å². The summed E-state index contributed by atoms with van der Waals surface area (Å²) in [7, 11) is 1.76. The van der Waals surface area contributed by atoms with Crippen LogP contribution in [0.4, 0.5) is 0 Å². The number of hydrogen-bond donors (Lipinski definition) is 1. The molecule has 62 valence electrons. The first-order valence-electron chi connectivity index (χ1n) is 4.04. The Hall–Kier alpha value is -0.0800. The highest BCUT2D eigenvalue weighted by Gasteiger charge is 2.02. The molecule has 0 aliphatic carbocycles. The highest BCUT2D eigenvalue weighted by molar-refractivity contribution is 4.57. The molecule has 0 radical (unpaired) electrons. The fraction of sp³-hybridized carbons (Fsp3) is 1.00. The molecule has 0 aromatic rings. The van der Waals surface area contributed by atoms with E-state index in [1.54, 1.807) is 7.11 Å². The van der Waals surface area contributed by atoms with Gasteiger partial charge >= 0.3 is 0 Å². The third-order valence-electron chi connectivity index (χ3n) is 1.66. The zero-order chi connectivity index (χ0) is 7.82. The Bertz CT molecular complexity index is 66.3. The predicted molar refractivity (Wildman–Crippen MR) is 44.2 cm³/mol. The third-order valence-corrected chi connectivity index (χ3v) is 1.66. The average Bonchev–Trinajstić information content (AvgIpc) is 1.98. The van der Waals surface area contributed by atoms with Crippen LogP contribution in [0.15, 0.2) is 0 Å². The van der Waals surface area contributed by atoms with Gasteiger partial charge in [-0.15, -0.1) is 0 Å². The van der Waals surface area contributed by atoms with Crippen molar-refractivity contribution in [2.75, 3.05) is 26.8 Å². The van der Waals surface area contributed by atoms with E-state index in [2.05, 4.69) is 19.2 Å². The van der Waals surface area contributed by atoms with Crippen LogP contribution in [-0.2, 0) is 4.74 Å². The summed E-state index contributed by atoms with van der Waals surface area (Å²) in [5.41, 5.74) is 0. The zero-order valence-corrected chi connectivity index (χ0v) is 7.31. The summed E-state index contributed by atoms with van der Waals surface area (Å²) >= 11 is 0. The van der Waals surface area contributed by atoms with Gasteiger partial charge in [0.25, 0.3) is 0 Å². The fourth-order valence-corrected chi connectivity index (χ4v) is 0.905. The molecule has 0 amide bonds. The molecule has 0 aromatic carbocycles. The van der Waals surface area contributed by atoms with Gasteiger partial charge in [0, 0.05) is 13.7 Å². The van der Waals surface area contributed by atoms with Crippen LogP contribution in [0, 0.1) is 5.92 Å². The molecule has 0 saturated carbocycles. The highest BCUT2D eigenvalue weighted by atomic mass is 16.5. The van der Waals surface area contributed by atoms with Crippen molar-refractivity contribution in [1.29, 1.82) is 0 Å².